The molecule has 6 nitrogen and oxygen atoms in total. The predicted octanol–water partition coefficient (Wildman–Crippen LogP) is 5.41. The van der Waals surface area contributed by atoms with Gasteiger partial charge >= 0.3 is 0 Å². The smallest absolute Gasteiger partial charge is 0.254 e. The molecule has 4 rings (SSSR count). The molecule has 1 aromatic heterocycles. The molecule has 2 heterocycles. The van der Waals surface area contributed by atoms with Crippen LogP contribution in [0.4, 0.5) is 10.3 Å². The minimum Gasteiger partial charge on any atom is -0.378 e. The first-order valence-electron chi connectivity index (χ1n) is 11.1. The van der Waals surface area contributed by atoms with E-state index in [4.69, 9.17) is 20.9 Å². The number of carbonyl (C=O) groups excluding carboxylic acids is 1. The maximum absolute atomic E-state index is 13.6. The van der Waals surface area contributed by atoms with E-state index < -0.39 is 0 Å². The van der Waals surface area contributed by atoms with E-state index >= 15 is 0 Å². The zero-order valence-electron chi connectivity index (χ0n) is 18.8. The Balaban J connectivity index is 1.74. The number of morpholine rings is 1. The number of anilines is 1. The number of hydrogen-bond donors (Lipinski definition) is 0. The summed E-state index contributed by atoms with van der Waals surface area (Å²) in [5.74, 6) is 0.200. The molecule has 0 bridgehead atoms. The summed E-state index contributed by atoms with van der Waals surface area (Å²) in [6, 6.07) is 13.0. The van der Waals surface area contributed by atoms with E-state index in [-0.39, 0.29) is 17.8 Å². The lowest BCUT2D eigenvalue weighted by Gasteiger charge is -2.31. The molecule has 1 fully saturated rings. The second-order valence-electron chi connectivity index (χ2n) is 8.12. The van der Waals surface area contributed by atoms with Gasteiger partial charge in [-0.25, -0.2) is 4.39 Å². The third kappa shape index (κ3) is 5.20. The lowest BCUT2D eigenvalue weighted by Crippen LogP contribution is -2.39. The maximum Gasteiger partial charge on any atom is 0.254 e. The molecule has 0 N–H and O–H groups in total. The van der Waals surface area contributed by atoms with Gasteiger partial charge in [-0.1, -0.05) is 23.7 Å². The first kappa shape index (κ1) is 23.3. The fourth-order valence-corrected chi connectivity index (χ4v) is 4.00. The van der Waals surface area contributed by atoms with Crippen LogP contribution in [0.5, 0.6) is 0 Å². The molecule has 2 aromatic carbocycles. The SMILES string of the molecule is CCC(C)N(Cc1c(-c2ccc(F)cc2)noc1N1CCOCC1)C(=O)c1ccc(Cl)cc1. The summed E-state index contributed by atoms with van der Waals surface area (Å²) in [6.07, 6.45) is 0.781. The van der Waals surface area contributed by atoms with Crippen LogP contribution in [0.2, 0.25) is 5.02 Å². The number of nitrogens with zero attached hydrogens (tertiary/aromatic N) is 3. The molecule has 1 saturated heterocycles. The van der Waals surface area contributed by atoms with Gasteiger partial charge in [0.25, 0.3) is 5.91 Å². The average molecular weight is 472 g/mol. The van der Waals surface area contributed by atoms with E-state index in [1.165, 1.54) is 12.1 Å². The third-order valence-electron chi connectivity index (χ3n) is 5.99. The van der Waals surface area contributed by atoms with Crippen molar-refractivity contribution in [2.75, 3.05) is 31.2 Å². The van der Waals surface area contributed by atoms with Gasteiger partial charge in [-0.05, 0) is 61.9 Å². The molecule has 0 aliphatic carbocycles. The average Bonchev–Trinajstić information content (AvgIpc) is 3.26. The molecule has 1 unspecified atom stereocenters. The van der Waals surface area contributed by atoms with E-state index in [9.17, 15) is 9.18 Å². The second-order valence-corrected chi connectivity index (χ2v) is 8.55. The van der Waals surface area contributed by atoms with Crippen molar-refractivity contribution < 1.29 is 18.4 Å². The van der Waals surface area contributed by atoms with Crippen molar-refractivity contribution in [1.29, 1.82) is 0 Å². The fraction of sp³-hybridized carbons (Fsp3) is 0.360. The topological polar surface area (TPSA) is 58.8 Å². The quantitative estimate of drug-likeness (QED) is 0.461. The number of halogens is 2. The molecule has 1 aliphatic heterocycles. The highest BCUT2D eigenvalue weighted by atomic mass is 35.5. The van der Waals surface area contributed by atoms with Crippen molar-refractivity contribution in [2.24, 2.45) is 0 Å². The standard InChI is InChI=1S/C25H27ClFN3O3/c1-3-17(2)30(24(31)19-4-8-20(26)9-5-19)16-22-23(18-6-10-21(27)11-7-18)28-33-25(22)29-12-14-32-15-13-29/h4-11,17H,3,12-16H2,1-2H3. The number of rotatable bonds is 7. The van der Waals surface area contributed by atoms with Gasteiger partial charge in [-0.15, -0.1) is 0 Å². The molecule has 0 spiro atoms. The molecule has 1 amide bonds. The van der Waals surface area contributed by atoms with Crippen LogP contribution in [-0.4, -0.2) is 48.3 Å². The van der Waals surface area contributed by atoms with Crippen LogP contribution in [0, 0.1) is 5.82 Å². The second kappa shape index (κ2) is 10.4. The fourth-order valence-electron chi connectivity index (χ4n) is 3.87. The van der Waals surface area contributed by atoms with Gasteiger partial charge in [0.2, 0.25) is 5.88 Å². The normalized spacial score (nSPS) is 14.8. The lowest BCUT2D eigenvalue weighted by atomic mass is 10.0. The minimum absolute atomic E-state index is 0.0262. The molecule has 174 valence electrons. The van der Waals surface area contributed by atoms with Crippen LogP contribution in [0.25, 0.3) is 11.3 Å². The molecule has 0 radical (unpaired) electrons. The minimum atomic E-state index is -0.323. The van der Waals surface area contributed by atoms with Gasteiger partial charge in [-0.2, -0.15) is 0 Å². The highest BCUT2D eigenvalue weighted by Gasteiger charge is 2.29. The van der Waals surface area contributed by atoms with Crippen molar-refractivity contribution in [1.82, 2.24) is 10.1 Å². The molecule has 33 heavy (non-hydrogen) atoms. The van der Waals surface area contributed by atoms with E-state index in [0.717, 1.165) is 17.5 Å². The zero-order chi connectivity index (χ0) is 23.4. The Labute approximate surface area is 197 Å². The highest BCUT2D eigenvalue weighted by Crippen LogP contribution is 2.34. The first-order chi connectivity index (χ1) is 16.0. The summed E-state index contributed by atoms with van der Waals surface area (Å²) < 4.78 is 24.8. The van der Waals surface area contributed by atoms with Gasteiger partial charge in [0, 0.05) is 35.3 Å². The third-order valence-corrected chi connectivity index (χ3v) is 6.24. The number of amides is 1. The summed E-state index contributed by atoms with van der Waals surface area (Å²) in [6.45, 7) is 6.88. The number of hydrogen-bond acceptors (Lipinski definition) is 5. The summed E-state index contributed by atoms with van der Waals surface area (Å²) in [5.41, 5.74) is 2.70. The molecular formula is C25H27ClFN3O3. The Morgan fingerprint density at radius 1 is 1.15 bits per heavy atom. The molecular weight excluding hydrogens is 445 g/mol. The monoisotopic (exact) mass is 471 g/mol. The molecule has 8 heteroatoms. The Bertz CT molecular complexity index is 1080. The van der Waals surface area contributed by atoms with Gasteiger partial charge in [0.05, 0.1) is 25.3 Å². The number of benzene rings is 2. The summed E-state index contributed by atoms with van der Waals surface area (Å²) in [4.78, 5) is 17.4. The van der Waals surface area contributed by atoms with Gasteiger partial charge in [0.15, 0.2) is 0 Å². The van der Waals surface area contributed by atoms with Crippen molar-refractivity contribution in [3.8, 4) is 11.3 Å². The van der Waals surface area contributed by atoms with Crippen LogP contribution in [0.15, 0.2) is 53.1 Å². The van der Waals surface area contributed by atoms with E-state index in [2.05, 4.69) is 10.1 Å². The number of aromatic nitrogens is 1. The highest BCUT2D eigenvalue weighted by molar-refractivity contribution is 6.30. The Morgan fingerprint density at radius 3 is 2.45 bits per heavy atom. The first-order valence-corrected chi connectivity index (χ1v) is 11.5. The van der Waals surface area contributed by atoms with Crippen LogP contribution < -0.4 is 4.90 Å². The van der Waals surface area contributed by atoms with Crippen LogP contribution in [-0.2, 0) is 11.3 Å². The van der Waals surface area contributed by atoms with Gasteiger partial charge < -0.3 is 19.1 Å². The zero-order valence-corrected chi connectivity index (χ0v) is 19.5. The van der Waals surface area contributed by atoms with Crippen molar-refractivity contribution in [2.45, 2.75) is 32.9 Å². The van der Waals surface area contributed by atoms with E-state index in [1.807, 2.05) is 18.7 Å². The summed E-state index contributed by atoms with van der Waals surface area (Å²) in [5, 5.41) is 4.92. The summed E-state index contributed by atoms with van der Waals surface area (Å²) in [7, 11) is 0. The van der Waals surface area contributed by atoms with Crippen LogP contribution in [0.1, 0.15) is 36.2 Å². The Hall–Kier alpha value is -2.90. The van der Waals surface area contributed by atoms with Crippen LogP contribution >= 0.6 is 11.6 Å². The largest absolute Gasteiger partial charge is 0.378 e. The summed E-state index contributed by atoms with van der Waals surface area (Å²) >= 11 is 6.02. The van der Waals surface area contributed by atoms with Crippen molar-refractivity contribution in [3.05, 3.63) is 70.5 Å². The molecule has 1 aliphatic rings. The Kier molecular flexibility index (Phi) is 7.30. The predicted molar refractivity (Wildman–Crippen MR) is 126 cm³/mol. The molecule has 0 saturated carbocycles. The maximum atomic E-state index is 13.6. The molecule has 3 aromatic rings. The lowest BCUT2D eigenvalue weighted by molar-refractivity contribution is 0.0671. The van der Waals surface area contributed by atoms with Crippen molar-refractivity contribution >= 4 is 23.4 Å². The van der Waals surface area contributed by atoms with Gasteiger partial charge in [-0.3, -0.25) is 4.79 Å². The number of carbonyl (C=O) groups is 1. The van der Waals surface area contributed by atoms with Crippen molar-refractivity contribution in [3.63, 3.8) is 0 Å². The van der Waals surface area contributed by atoms with E-state index in [0.29, 0.717) is 55.0 Å². The van der Waals surface area contributed by atoms with E-state index in [1.54, 1.807) is 36.4 Å². The number of ether oxygens (including phenoxy) is 1. The molecule has 1 atom stereocenters. The van der Waals surface area contributed by atoms with Gasteiger partial charge in [0.1, 0.15) is 11.5 Å². The Morgan fingerprint density at radius 2 is 1.82 bits per heavy atom. The van der Waals surface area contributed by atoms with Crippen LogP contribution in [0.3, 0.4) is 0 Å².